The molecular formula is C22H15ClF3N5O2. The van der Waals surface area contributed by atoms with Crippen molar-refractivity contribution in [2.75, 3.05) is 11.4 Å². The van der Waals surface area contributed by atoms with E-state index in [0.29, 0.717) is 17.0 Å². The minimum atomic E-state index is -4.58. The maximum absolute atomic E-state index is 13.4. The van der Waals surface area contributed by atoms with Gasteiger partial charge in [-0.05, 0) is 37.3 Å². The summed E-state index contributed by atoms with van der Waals surface area (Å²) in [5.41, 5.74) is 1.14. The van der Waals surface area contributed by atoms with E-state index < -0.39 is 22.7 Å². The molecule has 1 aliphatic heterocycles. The van der Waals surface area contributed by atoms with Crippen LogP contribution in [-0.2, 0) is 6.18 Å². The number of carbonyl (C=O) groups excluding carboxylic acids is 1. The van der Waals surface area contributed by atoms with Gasteiger partial charge in [0.25, 0.3) is 5.91 Å². The van der Waals surface area contributed by atoms with E-state index >= 15 is 0 Å². The zero-order chi connectivity index (χ0) is 23.3. The number of rotatable bonds is 3. The standard InChI is InChI=1S/C22H15ClF3N5O2/c1-12-11-30(14-4-5-16(17(23)7-14)22(24,25)26)21(32)20-15(10-28-31(12)20)18-8-19(33-29-18)13-3-2-6-27-9-13/h2-10,12H,11H2,1H3/t12-/m0/s1. The van der Waals surface area contributed by atoms with Gasteiger partial charge in [-0.25, -0.2) is 0 Å². The van der Waals surface area contributed by atoms with E-state index in [2.05, 4.69) is 15.2 Å². The maximum Gasteiger partial charge on any atom is 0.417 e. The monoisotopic (exact) mass is 473 g/mol. The minimum absolute atomic E-state index is 0.217. The van der Waals surface area contributed by atoms with Crippen molar-refractivity contribution in [2.45, 2.75) is 19.1 Å². The van der Waals surface area contributed by atoms with Crippen LogP contribution in [0.25, 0.3) is 22.6 Å². The van der Waals surface area contributed by atoms with Gasteiger partial charge in [0.2, 0.25) is 0 Å². The van der Waals surface area contributed by atoms with Crippen LogP contribution in [0.1, 0.15) is 29.0 Å². The lowest BCUT2D eigenvalue weighted by Gasteiger charge is -2.32. The number of hydrogen-bond donors (Lipinski definition) is 0. The number of fused-ring (bicyclic) bond motifs is 1. The number of halogens is 4. The van der Waals surface area contributed by atoms with Crippen LogP contribution in [0, 0.1) is 0 Å². The van der Waals surface area contributed by atoms with Gasteiger partial charge in [0, 0.05) is 36.3 Å². The normalized spacial score (nSPS) is 16.2. The lowest BCUT2D eigenvalue weighted by molar-refractivity contribution is -0.137. The molecule has 4 aromatic rings. The van der Waals surface area contributed by atoms with E-state index in [0.717, 1.165) is 17.7 Å². The molecule has 0 bridgehead atoms. The average Bonchev–Trinajstić information content (AvgIpc) is 3.43. The highest BCUT2D eigenvalue weighted by Gasteiger charge is 2.37. The molecule has 168 valence electrons. The minimum Gasteiger partial charge on any atom is -0.356 e. The summed E-state index contributed by atoms with van der Waals surface area (Å²) in [5, 5.41) is 7.94. The third-order valence-electron chi connectivity index (χ3n) is 5.41. The van der Waals surface area contributed by atoms with E-state index in [1.54, 1.807) is 29.2 Å². The summed E-state index contributed by atoms with van der Waals surface area (Å²) in [7, 11) is 0. The fraction of sp³-hybridized carbons (Fsp3) is 0.182. The molecule has 33 heavy (non-hydrogen) atoms. The molecule has 4 heterocycles. The van der Waals surface area contributed by atoms with Crippen molar-refractivity contribution >= 4 is 23.2 Å². The third-order valence-corrected chi connectivity index (χ3v) is 5.72. The second-order valence-corrected chi connectivity index (χ2v) is 8.00. The van der Waals surface area contributed by atoms with E-state index in [1.165, 1.54) is 17.2 Å². The van der Waals surface area contributed by atoms with Gasteiger partial charge >= 0.3 is 6.18 Å². The van der Waals surface area contributed by atoms with Crippen molar-refractivity contribution in [1.82, 2.24) is 19.9 Å². The Morgan fingerprint density at radius 2 is 2.00 bits per heavy atom. The molecule has 1 atom stereocenters. The molecule has 0 spiro atoms. The summed E-state index contributed by atoms with van der Waals surface area (Å²) in [6.07, 6.45) is 0.204. The van der Waals surface area contributed by atoms with E-state index in [9.17, 15) is 18.0 Å². The summed E-state index contributed by atoms with van der Waals surface area (Å²) >= 11 is 5.88. The van der Waals surface area contributed by atoms with Gasteiger partial charge in [-0.1, -0.05) is 16.8 Å². The van der Waals surface area contributed by atoms with Crippen LogP contribution in [0.15, 0.2) is 59.5 Å². The molecule has 1 amide bonds. The van der Waals surface area contributed by atoms with Crippen LogP contribution in [0.3, 0.4) is 0 Å². The van der Waals surface area contributed by atoms with Crippen LogP contribution in [-0.4, -0.2) is 32.4 Å². The highest BCUT2D eigenvalue weighted by Crippen LogP contribution is 2.38. The molecule has 0 fully saturated rings. The number of hydrogen-bond acceptors (Lipinski definition) is 5. The fourth-order valence-electron chi connectivity index (χ4n) is 3.82. The van der Waals surface area contributed by atoms with Crippen molar-refractivity contribution in [3.05, 3.63) is 71.3 Å². The maximum atomic E-state index is 13.4. The first kappa shape index (κ1) is 21.2. The number of aromatic nitrogens is 4. The Labute approximate surface area is 190 Å². The first-order valence-electron chi connectivity index (χ1n) is 9.87. The number of carbonyl (C=O) groups is 1. The SMILES string of the molecule is C[C@H]1CN(c2ccc(C(F)(F)F)c(Cl)c2)C(=O)c2c(-c3cc(-c4cccnc4)on3)cnn21. The number of anilines is 1. The van der Waals surface area contributed by atoms with Gasteiger partial charge in [0.15, 0.2) is 5.76 Å². The van der Waals surface area contributed by atoms with Gasteiger partial charge in [-0.3, -0.25) is 14.5 Å². The number of nitrogens with zero attached hydrogens (tertiary/aromatic N) is 5. The Kier molecular flexibility index (Phi) is 4.97. The van der Waals surface area contributed by atoms with Crippen molar-refractivity contribution in [2.24, 2.45) is 0 Å². The van der Waals surface area contributed by atoms with Crippen LogP contribution in [0.4, 0.5) is 18.9 Å². The Morgan fingerprint density at radius 1 is 1.18 bits per heavy atom. The number of alkyl halides is 3. The summed E-state index contributed by atoms with van der Waals surface area (Å²) in [6.45, 7) is 2.07. The Hall–Kier alpha value is -3.66. The zero-order valence-corrected chi connectivity index (χ0v) is 17.8. The van der Waals surface area contributed by atoms with Crippen LogP contribution < -0.4 is 4.90 Å². The molecule has 0 saturated carbocycles. The molecule has 1 aromatic carbocycles. The van der Waals surface area contributed by atoms with Crippen molar-refractivity contribution in [3.63, 3.8) is 0 Å². The molecule has 0 radical (unpaired) electrons. The van der Waals surface area contributed by atoms with E-state index in [-0.39, 0.29) is 24.0 Å². The highest BCUT2D eigenvalue weighted by atomic mass is 35.5. The topological polar surface area (TPSA) is 77.1 Å². The van der Waals surface area contributed by atoms with E-state index in [1.807, 2.05) is 13.0 Å². The second kappa shape index (κ2) is 7.73. The number of benzene rings is 1. The zero-order valence-electron chi connectivity index (χ0n) is 17.0. The third kappa shape index (κ3) is 3.66. The van der Waals surface area contributed by atoms with E-state index in [4.69, 9.17) is 16.1 Å². The molecule has 5 rings (SSSR count). The van der Waals surface area contributed by atoms with Crippen LogP contribution in [0.2, 0.25) is 5.02 Å². The second-order valence-electron chi connectivity index (χ2n) is 7.60. The molecule has 3 aromatic heterocycles. The summed E-state index contributed by atoms with van der Waals surface area (Å²) in [4.78, 5) is 18.9. The first-order chi connectivity index (χ1) is 15.7. The smallest absolute Gasteiger partial charge is 0.356 e. The Bertz CT molecular complexity index is 1350. The number of amides is 1. The van der Waals surface area contributed by atoms with Gasteiger partial charge in [-0.15, -0.1) is 0 Å². The molecule has 11 heteroatoms. The Morgan fingerprint density at radius 3 is 2.70 bits per heavy atom. The molecule has 7 nitrogen and oxygen atoms in total. The van der Waals surface area contributed by atoms with Crippen molar-refractivity contribution < 1.29 is 22.5 Å². The summed E-state index contributed by atoms with van der Waals surface area (Å²) < 4.78 is 46.3. The van der Waals surface area contributed by atoms with Gasteiger partial charge in [0.1, 0.15) is 11.4 Å². The molecule has 1 aliphatic rings. The first-order valence-corrected chi connectivity index (χ1v) is 10.3. The molecule has 0 saturated heterocycles. The lowest BCUT2D eigenvalue weighted by atomic mass is 10.1. The predicted molar refractivity (Wildman–Crippen MR) is 114 cm³/mol. The van der Waals surface area contributed by atoms with Crippen LogP contribution >= 0.6 is 11.6 Å². The lowest BCUT2D eigenvalue weighted by Crippen LogP contribution is -2.42. The largest absolute Gasteiger partial charge is 0.417 e. The average molecular weight is 474 g/mol. The number of pyridine rings is 1. The molecule has 0 unspecified atom stereocenters. The van der Waals surface area contributed by atoms with Gasteiger partial charge in [-0.2, -0.15) is 18.3 Å². The summed E-state index contributed by atoms with van der Waals surface area (Å²) in [5.74, 6) is 0.0445. The Balaban J connectivity index is 1.53. The molecule has 0 aliphatic carbocycles. The molecular weight excluding hydrogens is 459 g/mol. The van der Waals surface area contributed by atoms with Gasteiger partial charge < -0.3 is 9.42 Å². The highest BCUT2D eigenvalue weighted by molar-refractivity contribution is 6.31. The van der Waals surface area contributed by atoms with Crippen molar-refractivity contribution in [3.8, 4) is 22.6 Å². The van der Waals surface area contributed by atoms with Crippen molar-refractivity contribution in [1.29, 1.82) is 0 Å². The predicted octanol–water partition coefficient (Wildman–Crippen LogP) is 5.49. The van der Waals surface area contributed by atoms with Gasteiger partial charge in [0.05, 0.1) is 28.4 Å². The quantitative estimate of drug-likeness (QED) is 0.393. The summed E-state index contributed by atoms with van der Waals surface area (Å²) in [6, 6.07) is 8.28. The fourth-order valence-corrected chi connectivity index (χ4v) is 4.10. The molecule has 0 N–H and O–H groups in total. The van der Waals surface area contributed by atoms with Crippen LogP contribution in [0.5, 0.6) is 0 Å².